The Morgan fingerprint density at radius 2 is 2.00 bits per heavy atom. The van der Waals surface area contributed by atoms with Gasteiger partial charge in [0.25, 0.3) is 0 Å². The number of aromatic nitrogens is 1. The van der Waals surface area contributed by atoms with Crippen LogP contribution < -0.4 is 9.62 Å². The topological polar surface area (TPSA) is 62.3 Å². The lowest BCUT2D eigenvalue weighted by molar-refractivity contribution is -0.120. The van der Waals surface area contributed by atoms with Gasteiger partial charge >= 0.3 is 0 Å². The first kappa shape index (κ1) is 22.1. The van der Waals surface area contributed by atoms with Crippen molar-refractivity contribution in [2.24, 2.45) is 0 Å². The summed E-state index contributed by atoms with van der Waals surface area (Å²) in [5.74, 6) is -0.785. The van der Waals surface area contributed by atoms with Gasteiger partial charge in [-0.2, -0.15) is 0 Å². The minimum absolute atomic E-state index is 0.0628. The molecule has 1 unspecified atom stereocenters. The maximum absolute atomic E-state index is 14.9. The Morgan fingerprint density at radius 3 is 2.66 bits per heavy atom. The third-order valence-electron chi connectivity index (χ3n) is 5.68. The Balaban J connectivity index is 1.45. The molecule has 32 heavy (non-hydrogen) atoms. The summed E-state index contributed by atoms with van der Waals surface area (Å²) in [5.41, 5.74) is 1.14. The number of thiazole rings is 1. The third kappa shape index (κ3) is 3.53. The van der Waals surface area contributed by atoms with Crippen LogP contribution >= 0.6 is 46.1 Å². The summed E-state index contributed by atoms with van der Waals surface area (Å²) in [5, 5.41) is 1.40. The van der Waals surface area contributed by atoms with E-state index >= 15 is 0 Å². The molecule has 1 atom stereocenters. The van der Waals surface area contributed by atoms with E-state index in [1.54, 1.807) is 23.2 Å². The second kappa shape index (κ2) is 7.95. The third-order valence-corrected chi connectivity index (χ3v) is 8.88. The quantitative estimate of drug-likeness (QED) is 0.423. The van der Waals surface area contributed by atoms with Gasteiger partial charge in [0.1, 0.15) is 5.82 Å². The molecule has 3 aromatic rings. The van der Waals surface area contributed by atoms with Gasteiger partial charge in [-0.05, 0) is 49.6 Å². The summed E-state index contributed by atoms with van der Waals surface area (Å²) in [6, 6.07) is 5.93. The van der Waals surface area contributed by atoms with Crippen LogP contribution in [0.15, 0.2) is 35.4 Å². The number of halogens is 4. The van der Waals surface area contributed by atoms with Crippen LogP contribution in [0.4, 0.5) is 15.2 Å². The molecule has 2 aromatic carbocycles. The van der Waals surface area contributed by atoms with E-state index in [-0.39, 0.29) is 22.4 Å². The van der Waals surface area contributed by atoms with Crippen LogP contribution in [0.1, 0.15) is 28.8 Å². The van der Waals surface area contributed by atoms with E-state index in [2.05, 4.69) is 9.71 Å². The van der Waals surface area contributed by atoms with Gasteiger partial charge in [0.15, 0.2) is 16.1 Å². The zero-order valence-corrected chi connectivity index (χ0v) is 20.4. The Hall–Kier alpha value is -1.71. The lowest BCUT2D eigenvalue weighted by atomic mass is 9.98. The van der Waals surface area contributed by atoms with E-state index in [0.717, 1.165) is 10.4 Å². The van der Waals surface area contributed by atoms with Gasteiger partial charge < -0.3 is 4.90 Å². The molecule has 2 heterocycles. The standard InChI is InChI=1S/C21H15Cl3FN3O2S2/c1-10-8-26-20(31-10)27-32(30)16-7-13(23)11(6-14(16)25)9-28-15-3-2-12(22)18(24)17(15)21(4-5-21)19(28)29/h2-3,6-8H,4-5,9H2,1H3,(H,26,27). The molecule has 5 rings (SSSR count). The van der Waals surface area contributed by atoms with E-state index in [0.29, 0.717) is 39.3 Å². The van der Waals surface area contributed by atoms with Crippen LogP contribution in [-0.2, 0) is 27.7 Å². The first-order valence-electron chi connectivity index (χ1n) is 9.60. The summed E-state index contributed by atoms with van der Waals surface area (Å²) in [6.45, 7) is 1.93. The normalized spacial score (nSPS) is 17.0. The molecule has 166 valence electrons. The lowest BCUT2D eigenvalue weighted by Crippen LogP contribution is -2.31. The number of fused-ring (bicyclic) bond motifs is 2. The Kier molecular flexibility index (Phi) is 5.49. The highest BCUT2D eigenvalue weighted by molar-refractivity contribution is 7.86. The molecule has 2 aliphatic rings. The molecule has 1 fully saturated rings. The predicted octanol–water partition coefficient (Wildman–Crippen LogP) is 6.26. The number of hydrogen-bond acceptors (Lipinski definition) is 4. The molecule has 0 saturated heterocycles. The van der Waals surface area contributed by atoms with Crippen LogP contribution in [0.3, 0.4) is 0 Å². The number of nitrogens with one attached hydrogen (secondary N) is 1. The lowest BCUT2D eigenvalue weighted by Gasteiger charge is -2.19. The highest BCUT2D eigenvalue weighted by atomic mass is 35.5. The van der Waals surface area contributed by atoms with Crippen LogP contribution in [0.25, 0.3) is 0 Å². The van der Waals surface area contributed by atoms with E-state index in [1.807, 2.05) is 6.92 Å². The fraction of sp³-hybridized carbons (Fsp3) is 0.238. The number of carbonyl (C=O) groups is 1. The molecule has 1 N–H and O–H groups in total. The first-order chi connectivity index (χ1) is 15.2. The van der Waals surface area contributed by atoms with Gasteiger partial charge in [-0.25, -0.2) is 13.6 Å². The van der Waals surface area contributed by atoms with Crippen molar-refractivity contribution in [3.8, 4) is 0 Å². The van der Waals surface area contributed by atoms with E-state index in [1.165, 1.54) is 23.5 Å². The monoisotopic (exact) mass is 529 g/mol. The first-order valence-corrected chi connectivity index (χ1v) is 12.7. The van der Waals surface area contributed by atoms with Crippen molar-refractivity contribution in [1.82, 2.24) is 4.98 Å². The maximum Gasteiger partial charge on any atom is 0.238 e. The Labute approximate surface area is 205 Å². The number of carbonyl (C=O) groups excluding carboxylic acids is 1. The fourth-order valence-corrected chi connectivity index (χ4v) is 6.46. The van der Waals surface area contributed by atoms with Gasteiger partial charge in [-0.3, -0.25) is 9.52 Å². The smallest absolute Gasteiger partial charge is 0.238 e. The Bertz CT molecular complexity index is 1310. The summed E-state index contributed by atoms with van der Waals surface area (Å²) in [7, 11) is -1.88. The van der Waals surface area contributed by atoms with Gasteiger partial charge in [0.05, 0.1) is 26.9 Å². The molecular formula is C21H15Cl3FN3O2S2. The predicted molar refractivity (Wildman–Crippen MR) is 127 cm³/mol. The average molecular weight is 531 g/mol. The van der Waals surface area contributed by atoms with Crippen molar-refractivity contribution in [2.45, 2.75) is 36.6 Å². The Morgan fingerprint density at radius 1 is 1.25 bits per heavy atom. The molecule has 1 aromatic heterocycles. The zero-order chi connectivity index (χ0) is 22.8. The summed E-state index contributed by atoms with van der Waals surface area (Å²) in [4.78, 5) is 19.7. The molecule has 1 aliphatic heterocycles. The molecule has 0 bridgehead atoms. The van der Waals surface area contributed by atoms with E-state index in [9.17, 15) is 13.4 Å². The molecule has 0 radical (unpaired) electrons. The molecule has 1 amide bonds. The van der Waals surface area contributed by atoms with Crippen molar-refractivity contribution in [3.05, 3.63) is 67.4 Å². The summed E-state index contributed by atoms with van der Waals surface area (Å²) < 4.78 is 30.2. The summed E-state index contributed by atoms with van der Waals surface area (Å²) >= 11 is 20.4. The minimum Gasteiger partial charge on any atom is -0.307 e. The van der Waals surface area contributed by atoms with Crippen molar-refractivity contribution in [2.75, 3.05) is 9.62 Å². The molecule has 1 aliphatic carbocycles. The fourth-order valence-electron chi connectivity index (χ4n) is 3.98. The largest absolute Gasteiger partial charge is 0.307 e. The number of hydrogen-bond donors (Lipinski definition) is 1. The van der Waals surface area contributed by atoms with Crippen LogP contribution in [0, 0.1) is 12.7 Å². The molecule has 11 heteroatoms. The minimum atomic E-state index is -1.88. The molecule has 1 saturated carbocycles. The van der Waals surface area contributed by atoms with Crippen LogP contribution in [-0.4, -0.2) is 15.1 Å². The van der Waals surface area contributed by atoms with Gasteiger partial charge in [0, 0.05) is 27.3 Å². The van der Waals surface area contributed by atoms with E-state index in [4.69, 9.17) is 34.8 Å². The van der Waals surface area contributed by atoms with Crippen LogP contribution in [0.5, 0.6) is 0 Å². The van der Waals surface area contributed by atoms with Crippen LogP contribution in [0.2, 0.25) is 15.1 Å². The van der Waals surface area contributed by atoms with Crippen molar-refractivity contribution in [3.63, 3.8) is 0 Å². The highest BCUT2D eigenvalue weighted by Gasteiger charge is 2.60. The summed E-state index contributed by atoms with van der Waals surface area (Å²) in [6.07, 6.45) is 3.02. The number of anilines is 2. The maximum atomic E-state index is 14.9. The number of rotatable bonds is 5. The van der Waals surface area contributed by atoms with Gasteiger partial charge in [-0.1, -0.05) is 34.8 Å². The van der Waals surface area contributed by atoms with Crippen molar-refractivity contribution >= 4 is 73.9 Å². The molecule has 1 spiro atoms. The molecular weight excluding hydrogens is 516 g/mol. The number of amides is 1. The SMILES string of the molecule is Cc1cnc(NS(=O)c2cc(Cl)c(CN3C(=O)C4(CC4)c4c3ccc(Cl)c4Cl)cc2F)s1. The zero-order valence-electron chi connectivity index (χ0n) is 16.5. The highest BCUT2D eigenvalue weighted by Crippen LogP contribution is 2.60. The number of nitrogens with zero attached hydrogens (tertiary/aromatic N) is 2. The van der Waals surface area contributed by atoms with Crippen molar-refractivity contribution < 1.29 is 13.4 Å². The number of benzene rings is 2. The van der Waals surface area contributed by atoms with E-state index < -0.39 is 22.2 Å². The molecule has 5 nitrogen and oxygen atoms in total. The van der Waals surface area contributed by atoms with Gasteiger partial charge in [-0.15, -0.1) is 11.3 Å². The number of aryl methyl sites for hydroxylation is 1. The van der Waals surface area contributed by atoms with Crippen molar-refractivity contribution in [1.29, 1.82) is 0 Å². The average Bonchev–Trinajstić information content (AvgIpc) is 3.39. The van der Waals surface area contributed by atoms with Gasteiger partial charge in [0.2, 0.25) is 5.91 Å². The second-order valence-electron chi connectivity index (χ2n) is 7.75. The second-order valence-corrected chi connectivity index (χ2v) is 11.4.